The maximum atomic E-state index is 12.1. The number of halogens is 1. The molecule has 0 aliphatic carbocycles. The molecule has 8 nitrogen and oxygen atoms in total. The number of hydrazone groups is 1. The van der Waals surface area contributed by atoms with Gasteiger partial charge in [0.15, 0.2) is 11.5 Å². The van der Waals surface area contributed by atoms with Crippen LogP contribution in [0.4, 0.5) is 0 Å². The van der Waals surface area contributed by atoms with Gasteiger partial charge in [0.2, 0.25) is 5.91 Å². The number of ether oxygens (including phenoxy) is 3. The van der Waals surface area contributed by atoms with E-state index in [0.717, 1.165) is 5.56 Å². The van der Waals surface area contributed by atoms with Crippen molar-refractivity contribution in [3.63, 3.8) is 0 Å². The number of nitrogens with zero attached hydrogens (tertiary/aromatic N) is 1. The molecule has 2 N–H and O–H groups in total. The van der Waals surface area contributed by atoms with E-state index in [2.05, 4.69) is 31.8 Å². The largest absolute Gasteiger partial charge is 0.497 e. The van der Waals surface area contributed by atoms with Crippen LogP contribution in [-0.4, -0.2) is 38.8 Å². The quantitative estimate of drug-likeness (QED) is 0.279. The lowest BCUT2D eigenvalue weighted by atomic mass is 10.2. The minimum absolute atomic E-state index is 0.0819. The van der Waals surface area contributed by atoms with E-state index in [0.29, 0.717) is 39.5 Å². The summed E-state index contributed by atoms with van der Waals surface area (Å²) in [6, 6.07) is 20.1. The molecule has 0 spiro atoms. The number of hydrogen-bond donors (Lipinski definition) is 2. The van der Waals surface area contributed by atoms with Gasteiger partial charge in [0.25, 0.3) is 5.91 Å². The van der Waals surface area contributed by atoms with Crippen molar-refractivity contribution in [2.24, 2.45) is 5.10 Å². The lowest BCUT2D eigenvalue weighted by Crippen LogP contribution is -2.29. The number of benzene rings is 3. The first-order chi connectivity index (χ1) is 17.0. The highest BCUT2D eigenvalue weighted by Gasteiger charge is 2.12. The number of hydrogen-bond acceptors (Lipinski definition) is 6. The van der Waals surface area contributed by atoms with Gasteiger partial charge in [0.1, 0.15) is 12.4 Å². The number of rotatable bonds is 11. The molecule has 2 amide bonds. The molecule has 35 heavy (non-hydrogen) atoms. The first-order valence-electron chi connectivity index (χ1n) is 10.8. The fourth-order valence-electron chi connectivity index (χ4n) is 3.05. The summed E-state index contributed by atoms with van der Waals surface area (Å²) < 4.78 is 17.1. The van der Waals surface area contributed by atoms with Gasteiger partial charge in [-0.1, -0.05) is 30.3 Å². The highest BCUT2D eigenvalue weighted by Crippen LogP contribution is 2.36. The first kappa shape index (κ1) is 25.8. The Morgan fingerprint density at radius 3 is 2.43 bits per heavy atom. The summed E-state index contributed by atoms with van der Waals surface area (Å²) >= 11 is 3.51. The van der Waals surface area contributed by atoms with Crippen molar-refractivity contribution in [1.29, 1.82) is 0 Å². The Kier molecular flexibility index (Phi) is 9.68. The van der Waals surface area contributed by atoms with Gasteiger partial charge < -0.3 is 19.5 Å². The molecule has 0 bridgehead atoms. The Morgan fingerprint density at radius 2 is 1.74 bits per heavy atom. The van der Waals surface area contributed by atoms with Gasteiger partial charge >= 0.3 is 0 Å². The van der Waals surface area contributed by atoms with E-state index in [9.17, 15) is 9.59 Å². The Morgan fingerprint density at radius 1 is 1.00 bits per heavy atom. The van der Waals surface area contributed by atoms with Gasteiger partial charge in [-0.25, -0.2) is 5.43 Å². The number of amides is 2. The van der Waals surface area contributed by atoms with Crippen molar-refractivity contribution >= 4 is 34.0 Å². The minimum atomic E-state index is -0.329. The van der Waals surface area contributed by atoms with Crippen molar-refractivity contribution < 1.29 is 23.8 Å². The van der Waals surface area contributed by atoms with Crippen LogP contribution in [0, 0.1) is 0 Å². The molecule has 0 atom stereocenters. The van der Waals surface area contributed by atoms with Gasteiger partial charge in [-0.05, 0) is 63.5 Å². The third-order valence-electron chi connectivity index (χ3n) is 4.87. The lowest BCUT2D eigenvalue weighted by molar-refractivity contribution is -0.120. The number of carbonyl (C=O) groups excluding carboxylic acids is 2. The second kappa shape index (κ2) is 13.1. The zero-order valence-electron chi connectivity index (χ0n) is 19.4. The minimum Gasteiger partial charge on any atom is -0.497 e. The monoisotopic (exact) mass is 539 g/mol. The summed E-state index contributed by atoms with van der Waals surface area (Å²) in [6.07, 6.45) is 1.58. The van der Waals surface area contributed by atoms with Crippen molar-refractivity contribution in [1.82, 2.24) is 10.7 Å². The molecular weight excluding hydrogens is 514 g/mol. The molecule has 0 heterocycles. The molecule has 9 heteroatoms. The molecule has 0 radical (unpaired) electrons. The molecule has 0 aliphatic rings. The van der Waals surface area contributed by atoms with Crippen molar-refractivity contribution in [3.8, 4) is 17.2 Å². The van der Waals surface area contributed by atoms with Gasteiger partial charge in [-0.2, -0.15) is 5.10 Å². The van der Waals surface area contributed by atoms with E-state index in [4.69, 9.17) is 14.2 Å². The number of carbonyl (C=O) groups is 2. The van der Waals surface area contributed by atoms with Crippen LogP contribution >= 0.6 is 15.9 Å². The topological polar surface area (TPSA) is 98.2 Å². The van der Waals surface area contributed by atoms with Crippen LogP contribution in [0.3, 0.4) is 0 Å². The van der Waals surface area contributed by atoms with Crippen LogP contribution in [0.25, 0.3) is 0 Å². The molecule has 182 valence electrons. The average Bonchev–Trinajstić information content (AvgIpc) is 2.88. The van der Waals surface area contributed by atoms with Crippen LogP contribution in [0.15, 0.2) is 76.3 Å². The SMILES string of the molecule is COc1ccc(C(=O)NCCC(=O)NN=Cc2cc(Br)c(OCc3ccccc3)c(OC)c2)cc1. The maximum Gasteiger partial charge on any atom is 0.251 e. The normalized spacial score (nSPS) is 10.6. The highest BCUT2D eigenvalue weighted by atomic mass is 79.9. The predicted molar refractivity (Wildman–Crippen MR) is 137 cm³/mol. The summed E-state index contributed by atoms with van der Waals surface area (Å²) in [6.45, 7) is 0.577. The molecule has 0 aliphatic heterocycles. The third-order valence-corrected chi connectivity index (χ3v) is 5.46. The highest BCUT2D eigenvalue weighted by molar-refractivity contribution is 9.10. The van der Waals surface area contributed by atoms with Crippen LogP contribution in [0.1, 0.15) is 27.9 Å². The number of methoxy groups -OCH3 is 2. The molecule has 3 rings (SSSR count). The maximum absolute atomic E-state index is 12.1. The van der Waals surface area contributed by atoms with Crippen LogP contribution in [-0.2, 0) is 11.4 Å². The van der Waals surface area contributed by atoms with Crippen molar-refractivity contribution in [2.75, 3.05) is 20.8 Å². The third kappa shape index (κ3) is 7.86. The summed E-state index contributed by atoms with van der Waals surface area (Å²) in [4.78, 5) is 24.2. The molecule has 0 unspecified atom stereocenters. The van der Waals surface area contributed by atoms with Gasteiger partial charge in [-0.15, -0.1) is 0 Å². The summed E-state index contributed by atoms with van der Waals surface area (Å²) in [7, 11) is 3.11. The molecule has 3 aromatic carbocycles. The Balaban J connectivity index is 1.48. The fraction of sp³-hybridized carbons (Fsp3) is 0.192. The van der Waals surface area contributed by atoms with Crippen LogP contribution in [0.2, 0.25) is 0 Å². The number of nitrogens with one attached hydrogen (secondary N) is 2. The first-order valence-corrected chi connectivity index (χ1v) is 11.6. The summed E-state index contributed by atoms with van der Waals surface area (Å²) in [5, 5.41) is 6.69. The molecule has 0 aromatic heterocycles. The van der Waals surface area contributed by atoms with E-state index < -0.39 is 0 Å². The molecule has 3 aromatic rings. The molecule has 0 saturated heterocycles. The van der Waals surface area contributed by atoms with Gasteiger partial charge in [0.05, 0.1) is 24.9 Å². The summed E-state index contributed by atoms with van der Waals surface area (Å²) in [5.41, 5.74) is 4.68. The van der Waals surface area contributed by atoms with E-state index in [1.54, 1.807) is 44.6 Å². The zero-order valence-corrected chi connectivity index (χ0v) is 21.0. The van der Waals surface area contributed by atoms with Gasteiger partial charge in [0, 0.05) is 18.5 Å². The fourth-order valence-corrected chi connectivity index (χ4v) is 3.63. The van der Waals surface area contributed by atoms with Crippen LogP contribution < -0.4 is 25.0 Å². The Labute approximate surface area is 212 Å². The summed E-state index contributed by atoms with van der Waals surface area (Å²) in [5.74, 6) is 1.17. The smallest absolute Gasteiger partial charge is 0.251 e. The average molecular weight is 540 g/mol. The zero-order chi connectivity index (χ0) is 25.0. The molecular formula is C26H26BrN3O5. The second-order valence-corrected chi connectivity index (χ2v) is 8.19. The standard InChI is InChI=1S/C26H26BrN3O5/c1-33-21-10-8-20(9-11-21)26(32)28-13-12-24(31)30-29-16-19-14-22(27)25(23(15-19)34-2)35-17-18-6-4-3-5-7-18/h3-11,14-16H,12-13,17H2,1-2H3,(H,28,32)(H,30,31). The second-order valence-electron chi connectivity index (χ2n) is 7.34. The Hall–Kier alpha value is -3.85. The van der Waals surface area contributed by atoms with Crippen LogP contribution in [0.5, 0.6) is 17.2 Å². The van der Waals surface area contributed by atoms with E-state index in [1.807, 2.05) is 36.4 Å². The predicted octanol–water partition coefficient (Wildman–Crippen LogP) is 4.32. The van der Waals surface area contributed by atoms with E-state index in [-0.39, 0.29) is 24.8 Å². The lowest BCUT2D eigenvalue weighted by Gasteiger charge is -2.13. The molecule has 0 fully saturated rings. The van der Waals surface area contributed by atoms with Crippen molar-refractivity contribution in [3.05, 3.63) is 87.9 Å². The van der Waals surface area contributed by atoms with E-state index >= 15 is 0 Å². The Bertz CT molecular complexity index is 1170. The van der Waals surface area contributed by atoms with Gasteiger partial charge in [-0.3, -0.25) is 9.59 Å². The van der Waals surface area contributed by atoms with E-state index in [1.165, 1.54) is 6.21 Å². The molecule has 0 saturated carbocycles. The van der Waals surface area contributed by atoms with Crippen molar-refractivity contribution in [2.45, 2.75) is 13.0 Å².